The first-order valence-electron chi connectivity index (χ1n) is 11.4. The zero-order valence-electron chi connectivity index (χ0n) is 20.6. The van der Waals surface area contributed by atoms with Gasteiger partial charge in [-0.1, -0.05) is 54.6 Å². The number of benzene rings is 2. The third kappa shape index (κ3) is 11.6. The van der Waals surface area contributed by atoms with Gasteiger partial charge in [-0.3, -0.25) is 14.4 Å². The molecule has 1 radical (unpaired) electrons. The van der Waals surface area contributed by atoms with Gasteiger partial charge >= 0.3 is 0 Å². The maximum absolute atomic E-state index is 12.7. The number of hydrogen-bond acceptors (Lipinski definition) is 8. The molecule has 0 heterocycles. The molecular weight excluding hydrogens is 685 g/mol. The number of nitrogens with one attached hydrogen (secondary N) is 4. The number of nitrogens with two attached hydrogens (primary N) is 1. The molecule has 0 aliphatic rings. The maximum atomic E-state index is 12.7. The predicted molar refractivity (Wildman–Crippen MR) is 134 cm³/mol. The predicted octanol–water partition coefficient (Wildman–Crippen LogP) is -1.50. The van der Waals surface area contributed by atoms with Gasteiger partial charge in [0.25, 0.3) is 0 Å². The fourth-order valence-corrected chi connectivity index (χ4v) is 3.57. The number of rotatable bonds is 13. The fourth-order valence-electron chi connectivity index (χ4n) is 3.33. The van der Waals surface area contributed by atoms with Crippen molar-refractivity contribution in [2.24, 2.45) is 5.73 Å². The summed E-state index contributed by atoms with van der Waals surface area (Å²) in [4.78, 5) is 37.6. The van der Waals surface area contributed by atoms with Gasteiger partial charge in [-0.15, -0.1) is 11.5 Å². The SMILES string of the molecule is C[C@H](NC(=O)[C@@H](N)Cc1ccc([O-])cc1)C(=O)N[C@@H](C[S-])C(=O)N[C@@H](CCc1ccccc1)C(=N)[O-].[O-2].[Re]. The van der Waals surface area contributed by atoms with E-state index in [1.54, 1.807) is 12.1 Å². The van der Waals surface area contributed by atoms with Crippen LogP contribution in [0.2, 0.25) is 0 Å². The summed E-state index contributed by atoms with van der Waals surface area (Å²) in [5, 5.41) is 37.8. The second kappa shape index (κ2) is 17.5. The van der Waals surface area contributed by atoms with Gasteiger partial charge in [0, 0.05) is 20.4 Å². The summed E-state index contributed by atoms with van der Waals surface area (Å²) in [5.41, 5.74) is 7.56. The van der Waals surface area contributed by atoms with Crippen molar-refractivity contribution in [2.75, 3.05) is 5.75 Å². The van der Waals surface area contributed by atoms with Crippen molar-refractivity contribution in [1.82, 2.24) is 16.0 Å². The molecule has 2 aromatic carbocycles. The number of carbonyl (C=O) groups is 3. The Morgan fingerprint density at radius 2 is 1.50 bits per heavy atom. The van der Waals surface area contributed by atoms with E-state index in [9.17, 15) is 24.6 Å². The Kier molecular flexibility index (Phi) is 16.2. The number of hydrogen-bond donors (Lipinski definition) is 5. The molecule has 11 nitrogen and oxygen atoms in total. The first-order valence-corrected chi connectivity index (χ1v) is 12.0. The van der Waals surface area contributed by atoms with E-state index in [0.29, 0.717) is 12.0 Å². The van der Waals surface area contributed by atoms with Crippen LogP contribution in [-0.4, -0.2) is 53.5 Å². The zero-order chi connectivity index (χ0) is 26.7. The number of aryl methyl sites for hydroxylation is 1. The van der Waals surface area contributed by atoms with Crippen molar-refractivity contribution in [3.63, 3.8) is 0 Å². The molecule has 38 heavy (non-hydrogen) atoms. The molecule has 0 fully saturated rings. The van der Waals surface area contributed by atoms with Crippen LogP contribution in [0.25, 0.3) is 0 Å². The van der Waals surface area contributed by atoms with Gasteiger partial charge in [-0.25, -0.2) is 0 Å². The molecule has 0 saturated heterocycles. The van der Waals surface area contributed by atoms with E-state index in [1.807, 2.05) is 30.3 Å². The first-order chi connectivity index (χ1) is 17.1. The summed E-state index contributed by atoms with van der Waals surface area (Å²) < 4.78 is 0. The van der Waals surface area contributed by atoms with Crippen LogP contribution in [0.5, 0.6) is 5.75 Å². The van der Waals surface area contributed by atoms with Crippen LogP contribution in [0.1, 0.15) is 24.5 Å². The molecule has 0 aliphatic heterocycles. The molecule has 0 saturated carbocycles. The van der Waals surface area contributed by atoms with E-state index in [2.05, 4.69) is 16.0 Å². The van der Waals surface area contributed by atoms with Crippen molar-refractivity contribution in [2.45, 2.75) is 50.4 Å². The smallest absolute Gasteiger partial charge is 0.242 e. The summed E-state index contributed by atoms with van der Waals surface area (Å²) in [5.74, 6) is -3.21. The van der Waals surface area contributed by atoms with Crippen LogP contribution in [0, 0.1) is 5.41 Å². The van der Waals surface area contributed by atoms with Crippen LogP contribution in [-0.2, 0) is 65.8 Å². The third-order valence-electron chi connectivity index (χ3n) is 5.46. The van der Waals surface area contributed by atoms with Gasteiger partial charge in [-0.2, -0.15) is 0 Å². The normalized spacial score (nSPS) is 13.3. The average Bonchev–Trinajstić information content (AvgIpc) is 2.86. The van der Waals surface area contributed by atoms with Gasteiger partial charge in [0.15, 0.2) is 0 Å². The molecular formula is C25H30N5O6ReS-5. The van der Waals surface area contributed by atoms with Crippen molar-refractivity contribution in [1.29, 1.82) is 5.41 Å². The maximum Gasteiger partial charge on any atom is 0.242 e. The summed E-state index contributed by atoms with van der Waals surface area (Å²) in [7, 11) is 0. The topological polar surface area (TPSA) is 212 Å². The van der Waals surface area contributed by atoms with E-state index in [0.717, 1.165) is 5.56 Å². The Morgan fingerprint density at radius 1 is 0.921 bits per heavy atom. The van der Waals surface area contributed by atoms with E-state index in [1.165, 1.54) is 19.1 Å². The van der Waals surface area contributed by atoms with Crippen LogP contribution in [0.15, 0.2) is 54.6 Å². The molecule has 0 aliphatic carbocycles. The minimum Gasteiger partial charge on any atom is -2.00 e. The third-order valence-corrected chi connectivity index (χ3v) is 5.80. The fraction of sp³-hybridized carbons (Fsp3) is 0.360. The quantitative estimate of drug-likeness (QED) is 0.0941. The monoisotopic (exact) mass is 715 g/mol. The Hall–Kier alpha value is -2.95. The van der Waals surface area contributed by atoms with Crippen molar-refractivity contribution >= 4 is 36.2 Å². The standard InChI is InChI=1S/C25H33N5O5S.O.Re/c1-15(28-24(34)19(26)13-17-7-10-18(31)11-8-17)23(33)30-21(14-36)25(35)29-20(22(27)32)12-9-16-5-3-2-4-6-16;;/h2-8,10-11,15,19-21,31,36H,9,12-14,26H2,1H3,(H2,27,32)(H,28,34)(H,29,35)(H,30,33);;/q;-2;/p-3/t15-,19-,20-,21-;;/m0../s1. The zero-order valence-corrected chi connectivity index (χ0v) is 24.2. The molecule has 6 N–H and O–H groups in total. The van der Waals surface area contributed by atoms with Gasteiger partial charge in [-0.05, 0) is 43.2 Å². The second-order valence-corrected chi connectivity index (χ2v) is 8.70. The molecule has 0 aromatic heterocycles. The van der Waals surface area contributed by atoms with Gasteiger partial charge < -0.3 is 55.4 Å². The van der Waals surface area contributed by atoms with Gasteiger partial charge in [0.05, 0.1) is 18.1 Å². The molecule has 3 amide bonds. The molecule has 0 unspecified atom stereocenters. The second-order valence-electron chi connectivity index (χ2n) is 8.36. The van der Waals surface area contributed by atoms with Crippen LogP contribution in [0.3, 0.4) is 0 Å². The summed E-state index contributed by atoms with van der Waals surface area (Å²) in [6.07, 6.45) is 0.868. The molecule has 13 heteroatoms. The Balaban J connectivity index is 0.00000684. The molecule has 209 valence electrons. The minimum absolute atomic E-state index is 0. The van der Waals surface area contributed by atoms with Gasteiger partial charge in [0.1, 0.15) is 6.04 Å². The van der Waals surface area contributed by atoms with E-state index in [-0.39, 0.29) is 50.2 Å². The molecule has 0 bridgehead atoms. The average molecular weight is 715 g/mol. The number of amides is 3. The van der Waals surface area contributed by atoms with E-state index in [4.69, 9.17) is 23.8 Å². The summed E-state index contributed by atoms with van der Waals surface area (Å²) >= 11 is 4.99. The van der Waals surface area contributed by atoms with Gasteiger partial charge in [0.2, 0.25) is 17.7 Å². The van der Waals surface area contributed by atoms with Crippen molar-refractivity contribution in [3.05, 3.63) is 65.7 Å². The Labute approximate surface area is 240 Å². The summed E-state index contributed by atoms with van der Waals surface area (Å²) in [6.45, 7) is 1.43. The van der Waals surface area contributed by atoms with Crippen LogP contribution < -0.4 is 31.9 Å². The molecule has 4 atom stereocenters. The van der Waals surface area contributed by atoms with E-state index >= 15 is 0 Å². The van der Waals surface area contributed by atoms with Crippen LogP contribution >= 0.6 is 0 Å². The molecule has 2 aromatic rings. The largest absolute Gasteiger partial charge is 2.00 e. The Bertz CT molecular complexity index is 1040. The summed E-state index contributed by atoms with van der Waals surface area (Å²) in [6, 6.07) is 11.1. The van der Waals surface area contributed by atoms with Crippen molar-refractivity contribution in [3.8, 4) is 5.75 Å². The molecule has 0 spiro atoms. The Morgan fingerprint density at radius 3 is 2.05 bits per heavy atom. The minimum atomic E-state index is -1.13. The van der Waals surface area contributed by atoms with Crippen molar-refractivity contribution < 1.29 is 50.5 Å². The number of carbonyl (C=O) groups excluding carboxylic acids is 3. The van der Waals surface area contributed by atoms with E-state index < -0.39 is 47.8 Å². The first kappa shape index (κ1) is 35.1. The molecule has 2 rings (SSSR count). The van der Waals surface area contributed by atoms with Crippen LogP contribution in [0.4, 0.5) is 0 Å².